The second kappa shape index (κ2) is 16.1. The van der Waals surface area contributed by atoms with Crippen LogP contribution >= 0.6 is 11.6 Å². The molecule has 3 amide bonds. The van der Waals surface area contributed by atoms with Crippen LogP contribution in [0.25, 0.3) is 0 Å². The van der Waals surface area contributed by atoms with E-state index in [-0.39, 0.29) is 18.4 Å². The van der Waals surface area contributed by atoms with Crippen LogP contribution in [-0.2, 0) is 51.3 Å². The maximum atomic E-state index is 14.4. The first-order valence-electron chi connectivity index (χ1n) is 19.1. The summed E-state index contributed by atoms with van der Waals surface area (Å²) < 4.78 is 11.4. The number of hydrogen-bond donors (Lipinski definition) is 1. The van der Waals surface area contributed by atoms with E-state index in [1.54, 1.807) is 12.1 Å². The number of morpholine rings is 1. The van der Waals surface area contributed by atoms with Crippen molar-refractivity contribution in [3.05, 3.63) is 99.6 Å². The number of hydrogen-bond acceptors (Lipinski definition) is 7. The van der Waals surface area contributed by atoms with Crippen molar-refractivity contribution in [2.24, 2.45) is 0 Å². The van der Waals surface area contributed by atoms with Gasteiger partial charge in [0.05, 0.1) is 19.8 Å². The molecule has 1 unspecified atom stereocenters. The minimum atomic E-state index is -0.831. The average molecular weight is 742 g/mol. The van der Waals surface area contributed by atoms with E-state index in [9.17, 15) is 14.4 Å². The maximum absolute atomic E-state index is 14.4. The second-order valence-corrected chi connectivity index (χ2v) is 16.2. The van der Waals surface area contributed by atoms with E-state index >= 15 is 0 Å². The summed E-state index contributed by atoms with van der Waals surface area (Å²) in [4.78, 5) is 50.6. The molecular weight excluding hydrogens is 690 g/mol. The first-order chi connectivity index (χ1) is 25.5. The van der Waals surface area contributed by atoms with Gasteiger partial charge in [0.25, 0.3) is 0 Å². The lowest BCUT2D eigenvalue weighted by molar-refractivity contribution is -0.138. The van der Waals surface area contributed by atoms with Gasteiger partial charge in [0.2, 0.25) is 11.8 Å². The van der Waals surface area contributed by atoms with Gasteiger partial charge in [0.1, 0.15) is 17.7 Å². The van der Waals surface area contributed by atoms with Gasteiger partial charge >= 0.3 is 6.09 Å². The van der Waals surface area contributed by atoms with Crippen LogP contribution in [0.4, 0.5) is 10.5 Å². The number of carbonyl (C=O) groups excluding carboxylic acids is 3. The van der Waals surface area contributed by atoms with Gasteiger partial charge in [-0.3, -0.25) is 19.4 Å². The molecule has 0 spiro atoms. The van der Waals surface area contributed by atoms with Crippen LogP contribution < -0.4 is 10.2 Å². The third kappa shape index (κ3) is 8.82. The summed E-state index contributed by atoms with van der Waals surface area (Å²) in [6.45, 7) is 11.8. The Balaban J connectivity index is 1.07. The number of carbonyl (C=O) groups is 3. The summed E-state index contributed by atoms with van der Waals surface area (Å²) in [5, 5.41) is 3.71. The highest BCUT2D eigenvalue weighted by molar-refractivity contribution is 6.30. The van der Waals surface area contributed by atoms with Crippen LogP contribution in [0.1, 0.15) is 55.0 Å². The molecule has 1 N–H and O–H groups in total. The van der Waals surface area contributed by atoms with Crippen molar-refractivity contribution in [3.63, 3.8) is 0 Å². The maximum Gasteiger partial charge on any atom is 0.411 e. The fraction of sp³-hybridized carbons (Fsp3) is 0.500. The van der Waals surface area contributed by atoms with Crippen LogP contribution in [0, 0.1) is 0 Å². The highest BCUT2D eigenvalue weighted by Crippen LogP contribution is 2.33. The molecule has 2 fully saturated rings. The van der Waals surface area contributed by atoms with E-state index in [2.05, 4.69) is 33.3 Å². The number of amides is 3. The Morgan fingerprint density at radius 1 is 0.868 bits per heavy atom. The van der Waals surface area contributed by atoms with Gasteiger partial charge in [-0.15, -0.1) is 0 Å². The lowest BCUT2D eigenvalue weighted by Crippen LogP contribution is -2.59. The Labute approximate surface area is 318 Å². The van der Waals surface area contributed by atoms with E-state index in [0.717, 1.165) is 55.8 Å². The first kappa shape index (κ1) is 37.2. The zero-order chi connectivity index (χ0) is 37.1. The number of fused-ring (bicyclic) bond motifs is 2. The lowest BCUT2D eigenvalue weighted by Gasteiger charge is -2.41. The third-order valence-electron chi connectivity index (χ3n) is 11.1. The summed E-state index contributed by atoms with van der Waals surface area (Å²) >= 11 is 6.20. The van der Waals surface area contributed by atoms with Crippen LogP contribution in [-0.4, -0.2) is 109 Å². The topological polar surface area (TPSA) is 94.7 Å². The van der Waals surface area contributed by atoms with Crippen molar-refractivity contribution < 1.29 is 23.9 Å². The number of piperazine rings is 1. The zero-order valence-corrected chi connectivity index (χ0v) is 31.9. The molecule has 1 aliphatic carbocycles. The number of halogens is 1. The smallest absolute Gasteiger partial charge is 0.411 e. The van der Waals surface area contributed by atoms with Crippen molar-refractivity contribution in [2.45, 2.75) is 83.1 Å². The quantitative estimate of drug-likeness (QED) is 0.353. The van der Waals surface area contributed by atoms with E-state index in [1.807, 2.05) is 62.1 Å². The Morgan fingerprint density at radius 2 is 1.57 bits per heavy atom. The first-order valence-corrected chi connectivity index (χ1v) is 19.5. The second-order valence-electron chi connectivity index (χ2n) is 15.8. The third-order valence-corrected chi connectivity index (χ3v) is 11.3. The Morgan fingerprint density at radius 3 is 2.28 bits per heavy atom. The largest absolute Gasteiger partial charge is 0.444 e. The van der Waals surface area contributed by atoms with Crippen molar-refractivity contribution in [3.8, 4) is 0 Å². The molecule has 0 aromatic heterocycles. The molecule has 282 valence electrons. The van der Waals surface area contributed by atoms with Gasteiger partial charge < -0.3 is 24.6 Å². The van der Waals surface area contributed by atoms with Crippen molar-refractivity contribution in [1.82, 2.24) is 20.0 Å². The number of benzene rings is 3. The molecule has 3 aromatic rings. The molecule has 10 nitrogen and oxygen atoms in total. The van der Waals surface area contributed by atoms with Gasteiger partial charge in [0, 0.05) is 68.9 Å². The zero-order valence-electron chi connectivity index (χ0n) is 31.2. The average Bonchev–Trinajstić information content (AvgIpc) is 3.17. The highest BCUT2D eigenvalue weighted by atomic mass is 35.5. The molecule has 0 radical (unpaired) electrons. The number of rotatable bonds is 7. The number of anilines is 1. The molecular formula is C42H52ClN5O5. The SMILES string of the molecule is CC(C)(C)OC(=O)N1Cc2ccccc2C[C@@H]1C(=O)N[C@H](Cc1ccc(Cl)cc1)C(=O)N1CCN(c2cccc3c2CC(N2CCOCC2)CC3)CC1. The molecule has 3 atom stereocenters. The summed E-state index contributed by atoms with van der Waals surface area (Å²) in [6.07, 6.45) is 3.35. The fourth-order valence-electron chi connectivity index (χ4n) is 8.28. The van der Waals surface area contributed by atoms with Crippen molar-refractivity contribution >= 4 is 35.2 Å². The molecule has 53 heavy (non-hydrogen) atoms. The van der Waals surface area contributed by atoms with Gasteiger partial charge in [0.15, 0.2) is 0 Å². The minimum absolute atomic E-state index is 0.129. The standard InChI is InChI=1S/C42H52ClN5O5/c1-42(2,3)53-41(51)48-28-32-8-5-4-7-31(32)26-38(48)39(49)44-36(25-29-11-14-33(43)15-12-29)40(50)47-19-17-46(18-20-47)37-10-6-9-30-13-16-34(27-35(30)37)45-21-23-52-24-22-45/h4-12,14-15,34,36,38H,13,16-28H2,1-3H3,(H,44,49)/t34?,36-,38-/m1/s1. The van der Waals surface area contributed by atoms with Crippen LogP contribution in [0.3, 0.4) is 0 Å². The number of nitrogens with zero attached hydrogens (tertiary/aromatic N) is 4. The van der Waals surface area contributed by atoms with Crippen LogP contribution in [0.5, 0.6) is 0 Å². The van der Waals surface area contributed by atoms with Gasteiger partial charge in [-0.05, 0) is 86.1 Å². The van der Waals surface area contributed by atoms with Crippen molar-refractivity contribution in [2.75, 3.05) is 57.4 Å². The molecule has 7 rings (SSSR count). The van der Waals surface area contributed by atoms with Gasteiger partial charge in [-0.25, -0.2) is 4.79 Å². The molecule has 3 aromatic carbocycles. The molecule has 0 saturated carbocycles. The summed E-state index contributed by atoms with van der Waals surface area (Å²) in [5.41, 5.74) is 6.28. The Bertz CT molecular complexity index is 1780. The van der Waals surface area contributed by atoms with E-state index in [4.69, 9.17) is 21.1 Å². The molecule has 0 bridgehead atoms. The predicted octanol–water partition coefficient (Wildman–Crippen LogP) is 5.27. The van der Waals surface area contributed by atoms with Crippen LogP contribution in [0.2, 0.25) is 5.02 Å². The number of aryl methyl sites for hydroxylation is 1. The predicted molar refractivity (Wildman–Crippen MR) is 206 cm³/mol. The molecule has 4 aliphatic rings. The normalized spacial score (nSPS) is 21.3. The molecule has 3 aliphatic heterocycles. The summed E-state index contributed by atoms with van der Waals surface area (Å²) in [7, 11) is 0. The minimum Gasteiger partial charge on any atom is -0.444 e. The lowest BCUT2D eigenvalue weighted by atomic mass is 9.85. The molecule has 3 heterocycles. The van der Waals surface area contributed by atoms with Crippen molar-refractivity contribution in [1.29, 1.82) is 0 Å². The monoisotopic (exact) mass is 741 g/mol. The number of ether oxygens (including phenoxy) is 2. The highest BCUT2D eigenvalue weighted by Gasteiger charge is 2.39. The Hall–Kier alpha value is -4.12. The molecule has 11 heteroatoms. The summed E-state index contributed by atoms with van der Waals surface area (Å²) in [6, 6.07) is 20.8. The fourth-order valence-corrected chi connectivity index (χ4v) is 8.41. The Kier molecular flexibility index (Phi) is 11.3. The van der Waals surface area contributed by atoms with E-state index in [0.29, 0.717) is 50.1 Å². The summed E-state index contributed by atoms with van der Waals surface area (Å²) in [5.74, 6) is -0.502. The van der Waals surface area contributed by atoms with Crippen LogP contribution in [0.15, 0.2) is 66.7 Å². The van der Waals surface area contributed by atoms with E-state index < -0.39 is 23.8 Å². The van der Waals surface area contributed by atoms with Gasteiger partial charge in [-0.2, -0.15) is 0 Å². The van der Waals surface area contributed by atoms with Gasteiger partial charge in [-0.1, -0.05) is 60.1 Å². The molecule has 2 saturated heterocycles. The van der Waals surface area contributed by atoms with E-state index in [1.165, 1.54) is 28.1 Å². The number of nitrogens with one attached hydrogen (secondary N) is 1.